The van der Waals surface area contributed by atoms with Gasteiger partial charge in [-0.25, -0.2) is 4.79 Å². The Labute approximate surface area is 127 Å². The van der Waals surface area contributed by atoms with Gasteiger partial charge >= 0.3 is 6.03 Å². The number of benzene rings is 1. The van der Waals surface area contributed by atoms with Crippen molar-refractivity contribution in [1.82, 2.24) is 5.32 Å². The molecule has 5 nitrogen and oxygen atoms in total. The first-order chi connectivity index (χ1) is 9.40. The number of rotatable bonds is 6. The molecule has 0 bridgehead atoms. The Morgan fingerprint density at radius 3 is 2.65 bits per heavy atom. The van der Waals surface area contributed by atoms with Crippen molar-refractivity contribution in [2.24, 2.45) is 0 Å². The van der Waals surface area contributed by atoms with Crippen LogP contribution in [0.5, 0.6) is 5.75 Å². The lowest BCUT2D eigenvalue weighted by Crippen LogP contribution is -2.36. The van der Waals surface area contributed by atoms with E-state index >= 15 is 0 Å². The van der Waals surface area contributed by atoms with Gasteiger partial charge in [-0.2, -0.15) is 0 Å². The Morgan fingerprint density at radius 2 is 2.05 bits per heavy atom. The van der Waals surface area contributed by atoms with Crippen molar-refractivity contribution in [3.63, 3.8) is 0 Å². The van der Waals surface area contributed by atoms with Crippen molar-refractivity contribution in [3.05, 3.63) is 22.7 Å². The largest absolute Gasteiger partial charge is 0.491 e. The molecule has 0 saturated heterocycles. The normalized spacial score (nSPS) is 12.1. The van der Waals surface area contributed by atoms with Crippen LogP contribution in [-0.4, -0.2) is 29.9 Å². The summed E-state index contributed by atoms with van der Waals surface area (Å²) >= 11 is 3.38. The molecule has 0 aliphatic carbocycles. The Hall–Kier alpha value is -1.27. The molecule has 1 atom stereocenters. The maximum Gasteiger partial charge on any atom is 0.319 e. The number of urea groups is 1. The summed E-state index contributed by atoms with van der Waals surface area (Å²) in [4.78, 5) is 11.8. The molecular weight excluding hydrogens is 324 g/mol. The Balaban J connectivity index is 2.67. The Kier molecular flexibility index (Phi) is 6.81. The van der Waals surface area contributed by atoms with Gasteiger partial charge in [0, 0.05) is 28.9 Å². The van der Waals surface area contributed by atoms with Crippen LogP contribution in [0.25, 0.3) is 0 Å². The molecule has 112 valence electrons. The van der Waals surface area contributed by atoms with Crippen LogP contribution < -0.4 is 15.4 Å². The molecular formula is C14H21BrN2O3. The van der Waals surface area contributed by atoms with Gasteiger partial charge in [0.15, 0.2) is 0 Å². The third kappa shape index (κ3) is 6.25. The molecule has 0 fully saturated rings. The van der Waals surface area contributed by atoms with Crippen molar-refractivity contribution >= 4 is 27.6 Å². The monoisotopic (exact) mass is 344 g/mol. The fourth-order valence-corrected chi connectivity index (χ4v) is 2.10. The van der Waals surface area contributed by atoms with E-state index in [1.807, 2.05) is 26.8 Å². The molecule has 0 saturated carbocycles. The van der Waals surface area contributed by atoms with Crippen LogP contribution >= 0.6 is 15.9 Å². The number of aliphatic hydroxyl groups excluding tert-OH is 1. The first kappa shape index (κ1) is 16.8. The predicted octanol–water partition coefficient (Wildman–Crippen LogP) is 3.13. The first-order valence-electron chi connectivity index (χ1n) is 6.56. The number of hydrogen-bond donors (Lipinski definition) is 3. The number of amides is 2. The SMILES string of the molecule is CC(C)Oc1cc(Br)cc(NC(=O)N[C@H](C)CCO)c1. The smallest absolute Gasteiger partial charge is 0.319 e. The molecule has 3 N–H and O–H groups in total. The summed E-state index contributed by atoms with van der Waals surface area (Å²) in [6.07, 6.45) is 0.587. The van der Waals surface area contributed by atoms with Crippen LogP contribution in [0.1, 0.15) is 27.2 Å². The fourth-order valence-electron chi connectivity index (χ4n) is 1.63. The van der Waals surface area contributed by atoms with Gasteiger partial charge in [-0.3, -0.25) is 0 Å². The number of nitrogens with one attached hydrogen (secondary N) is 2. The van der Waals surface area contributed by atoms with E-state index in [0.29, 0.717) is 17.9 Å². The predicted molar refractivity (Wildman–Crippen MR) is 83.2 cm³/mol. The highest BCUT2D eigenvalue weighted by molar-refractivity contribution is 9.10. The van der Waals surface area contributed by atoms with E-state index in [0.717, 1.165) is 4.47 Å². The standard InChI is InChI=1S/C14H21BrN2O3/c1-9(2)20-13-7-11(15)6-12(8-13)17-14(19)16-10(3)4-5-18/h6-10,18H,4-5H2,1-3H3,(H2,16,17,19)/t10-/m1/s1. The van der Waals surface area contributed by atoms with E-state index in [-0.39, 0.29) is 24.8 Å². The van der Waals surface area contributed by atoms with Crippen LogP contribution in [0.4, 0.5) is 10.5 Å². The van der Waals surface area contributed by atoms with Crippen molar-refractivity contribution in [3.8, 4) is 5.75 Å². The molecule has 1 aromatic rings. The van der Waals surface area contributed by atoms with Crippen LogP contribution in [0.3, 0.4) is 0 Å². The van der Waals surface area contributed by atoms with Gasteiger partial charge in [0.25, 0.3) is 0 Å². The van der Waals surface area contributed by atoms with Gasteiger partial charge in [-0.05, 0) is 39.3 Å². The molecule has 1 aromatic carbocycles. The van der Waals surface area contributed by atoms with Crippen molar-refractivity contribution in [2.75, 3.05) is 11.9 Å². The number of anilines is 1. The number of halogens is 1. The lowest BCUT2D eigenvalue weighted by atomic mass is 10.2. The molecule has 2 amide bonds. The van der Waals surface area contributed by atoms with E-state index < -0.39 is 0 Å². The summed E-state index contributed by atoms with van der Waals surface area (Å²) in [5.41, 5.74) is 0.642. The maximum atomic E-state index is 11.8. The van der Waals surface area contributed by atoms with Gasteiger partial charge in [0.2, 0.25) is 0 Å². The number of aliphatic hydroxyl groups is 1. The van der Waals surface area contributed by atoms with Crippen molar-refractivity contribution < 1.29 is 14.6 Å². The molecule has 20 heavy (non-hydrogen) atoms. The molecule has 0 unspecified atom stereocenters. The van der Waals surface area contributed by atoms with Gasteiger partial charge in [0.05, 0.1) is 6.10 Å². The summed E-state index contributed by atoms with van der Waals surface area (Å²) in [6.45, 7) is 5.77. The van der Waals surface area contributed by atoms with Crippen LogP contribution in [0.2, 0.25) is 0 Å². The topological polar surface area (TPSA) is 70.6 Å². The maximum absolute atomic E-state index is 11.8. The Morgan fingerprint density at radius 1 is 1.35 bits per heavy atom. The van der Waals surface area contributed by atoms with E-state index in [2.05, 4.69) is 26.6 Å². The number of ether oxygens (including phenoxy) is 1. The number of hydrogen-bond acceptors (Lipinski definition) is 3. The molecule has 0 spiro atoms. The fraction of sp³-hybridized carbons (Fsp3) is 0.500. The second-order valence-corrected chi connectivity index (χ2v) is 5.77. The lowest BCUT2D eigenvalue weighted by Gasteiger charge is -2.15. The molecule has 0 aromatic heterocycles. The number of carbonyl (C=O) groups is 1. The lowest BCUT2D eigenvalue weighted by molar-refractivity contribution is 0.241. The zero-order chi connectivity index (χ0) is 15.1. The average Bonchev–Trinajstić information content (AvgIpc) is 2.26. The van der Waals surface area contributed by atoms with Crippen molar-refractivity contribution in [1.29, 1.82) is 0 Å². The highest BCUT2D eigenvalue weighted by Gasteiger charge is 2.08. The van der Waals surface area contributed by atoms with Crippen LogP contribution in [0.15, 0.2) is 22.7 Å². The molecule has 6 heteroatoms. The highest BCUT2D eigenvalue weighted by Crippen LogP contribution is 2.25. The van der Waals surface area contributed by atoms with Crippen LogP contribution in [0, 0.1) is 0 Å². The summed E-state index contributed by atoms with van der Waals surface area (Å²) in [6, 6.07) is 5.01. The second kappa shape index (κ2) is 8.11. The summed E-state index contributed by atoms with van der Waals surface area (Å²) in [5.74, 6) is 0.688. The quantitative estimate of drug-likeness (QED) is 0.742. The van der Waals surface area contributed by atoms with E-state index in [1.54, 1.807) is 12.1 Å². The van der Waals surface area contributed by atoms with Gasteiger partial charge < -0.3 is 20.5 Å². The molecule has 0 radical (unpaired) electrons. The Bertz CT molecular complexity index is 452. The zero-order valence-electron chi connectivity index (χ0n) is 11.9. The summed E-state index contributed by atoms with van der Waals surface area (Å²) in [5, 5.41) is 14.3. The third-order valence-corrected chi connectivity index (χ3v) is 2.90. The van der Waals surface area contributed by atoms with Gasteiger partial charge in [-0.15, -0.1) is 0 Å². The second-order valence-electron chi connectivity index (χ2n) is 4.85. The molecule has 0 heterocycles. The van der Waals surface area contributed by atoms with E-state index in [4.69, 9.17) is 9.84 Å². The summed E-state index contributed by atoms with van der Waals surface area (Å²) < 4.78 is 6.43. The first-order valence-corrected chi connectivity index (χ1v) is 7.35. The van der Waals surface area contributed by atoms with Crippen molar-refractivity contribution in [2.45, 2.75) is 39.3 Å². The minimum atomic E-state index is -0.306. The van der Waals surface area contributed by atoms with E-state index in [1.165, 1.54) is 0 Å². The number of carbonyl (C=O) groups excluding carboxylic acids is 1. The van der Waals surface area contributed by atoms with Gasteiger partial charge in [0.1, 0.15) is 5.75 Å². The minimum Gasteiger partial charge on any atom is -0.491 e. The average molecular weight is 345 g/mol. The van der Waals surface area contributed by atoms with Gasteiger partial charge in [-0.1, -0.05) is 15.9 Å². The third-order valence-electron chi connectivity index (χ3n) is 2.44. The minimum absolute atomic E-state index is 0.0463. The zero-order valence-corrected chi connectivity index (χ0v) is 13.5. The molecule has 0 aliphatic rings. The highest BCUT2D eigenvalue weighted by atomic mass is 79.9. The van der Waals surface area contributed by atoms with Crippen LogP contribution in [-0.2, 0) is 0 Å². The molecule has 1 rings (SSSR count). The molecule has 0 aliphatic heterocycles. The van der Waals surface area contributed by atoms with E-state index in [9.17, 15) is 4.79 Å². The summed E-state index contributed by atoms with van der Waals surface area (Å²) in [7, 11) is 0.